The first-order chi connectivity index (χ1) is 25.7. The van der Waals surface area contributed by atoms with Gasteiger partial charge in [-0.1, -0.05) is 45.1 Å². The van der Waals surface area contributed by atoms with Crippen LogP contribution in [0.1, 0.15) is 84.8 Å². The number of aliphatic hydroxyl groups excluding tert-OH is 3. The normalized spacial score (nSPS) is 22.1. The zero-order valence-electron chi connectivity index (χ0n) is 31.9. The number of carbonyl (C=O) groups is 7. The number of aliphatic carboxylic acids is 1. The molecule has 0 spiro atoms. The van der Waals surface area contributed by atoms with Gasteiger partial charge in [0.25, 0.3) is 11.8 Å². The number of nitrogens with one attached hydrogen (secondary N) is 2. The van der Waals surface area contributed by atoms with Gasteiger partial charge >= 0.3 is 11.9 Å². The number of carboxylic acids is 1. The molecular formula is C39H51N3O13. The molecule has 2 heterocycles. The molecular weight excluding hydrogens is 718 g/mol. The van der Waals surface area contributed by atoms with E-state index in [4.69, 9.17) is 9.47 Å². The highest BCUT2D eigenvalue weighted by atomic mass is 16.6. The summed E-state index contributed by atoms with van der Waals surface area (Å²) in [4.78, 5) is 87.8. The summed E-state index contributed by atoms with van der Waals surface area (Å²) in [6.07, 6.45) is -4.93. The van der Waals surface area contributed by atoms with E-state index in [0.717, 1.165) is 4.90 Å². The van der Waals surface area contributed by atoms with Crippen LogP contribution in [0.15, 0.2) is 30.4 Å². The van der Waals surface area contributed by atoms with Gasteiger partial charge in [0.15, 0.2) is 11.9 Å². The molecule has 16 heteroatoms. The Morgan fingerprint density at radius 3 is 2.20 bits per heavy atom. The van der Waals surface area contributed by atoms with Crippen molar-refractivity contribution in [1.82, 2.24) is 10.2 Å². The number of aliphatic hydroxyl groups is 3. The number of esters is 1. The van der Waals surface area contributed by atoms with Gasteiger partial charge in [-0.3, -0.25) is 33.7 Å². The lowest BCUT2D eigenvalue weighted by Crippen LogP contribution is -2.59. The number of imide groups is 1. The fourth-order valence-electron chi connectivity index (χ4n) is 5.64. The number of rotatable bonds is 16. The quantitative estimate of drug-likeness (QED) is 0.0600. The number of ether oxygens (including phenoxy) is 2. The van der Waals surface area contributed by atoms with Crippen molar-refractivity contribution in [3.05, 3.63) is 41.5 Å². The first-order valence-electron chi connectivity index (χ1n) is 18.1. The number of Topliss-reactive ketones (excluding diaryl/α,β-unsaturated/α-hetero) is 1. The summed E-state index contributed by atoms with van der Waals surface area (Å²) in [7, 11) is 0. The van der Waals surface area contributed by atoms with Gasteiger partial charge in [0.1, 0.15) is 31.0 Å². The van der Waals surface area contributed by atoms with Gasteiger partial charge in [0, 0.05) is 54.3 Å². The predicted octanol–water partition coefficient (Wildman–Crippen LogP) is 1.22. The largest absolute Gasteiger partial charge is 0.479 e. The van der Waals surface area contributed by atoms with Gasteiger partial charge in [0.05, 0.1) is 11.5 Å². The Balaban J connectivity index is 1.66. The van der Waals surface area contributed by atoms with E-state index < -0.39 is 65.7 Å². The Kier molecular flexibility index (Phi) is 15.8. The molecule has 0 saturated carbocycles. The molecule has 1 fully saturated rings. The number of benzene rings is 1. The van der Waals surface area contributed by atoms with E-state index in [1.807, 2.05) is 0 Å². The molecule has 0 bridgehead atoms. The summed E-state index contributed by atoms with van der Waals surface area (Å²) >= 11 is 0. The first-order valence-corrected chi connectivity index (χ1v) is 18.1. The molecule has 0 unspecified atom stereocenters. The predicted molar refractivity (Wildman–Crippen MR) is 195 cm³/mol. The number of hydrogen-bond acceptors (Lipinski definition) is 12. The number of hydrogen-bond donors (Lipinski definition) is 6. The molecule has 0 aromatic heterocycles. The Morgan fingerprint density at radius 1 is 0.945 bits per heavy atom. The third-order valence-corrected chi connectivity index (χ3v) is 9.03. The molecule has 300 valence electrons. The van der Waals surface area contributed by atoms with Crippen LogP contribution in [0.5, 0.6) is 0 Å². The van der Waals surface area contributed by atoms with E-state index in [9.17, 15) is 54.0 Å². The second kappa shape index (κ2) is 19.6. The molecule has 2 aliphatic heterocycles. The molecule has 6 N–H and O–H groups in total. The summed E-state index contributed by atoms with van der Waals surface area (Å²) in [5, 5.41) is 45.5. The summed E-state index contributed by atoms with van der Waals surface area (Å²) in [5.74, 6) is 0.210. The van der Waals surface area contributed by atoms with Gasteiger partial charge in [-0.05, 0) is 51.7 Å². The van der Waals surface area contributed by atoms with Crippen LogP contribution >= 0.6 is 0 Å². The van der Waals surface area contributed by atoms with Crippen LogP contribution in [0.25, 0.3) is 0 Å². The molecule has 1 saturated heterocycles. The Hall–Kier alpha value is -4.95. The minimum Gasteiger partial charge on any atom is -0.479 e. The average Bonchev–Trinajstić information content (AvgIpc) is 3.43. The van der Waals surface area contributed by atoms with Crippen LogP contribution in [0.3, 0.4) is 0 Å². The molecule has 0 aliphatic carbocycles. The summed E-state index contributed by atoms with van der Waals surface area (Å²) in [6, 6.07) is 3.67. The maximum atomic E-state index is 13.3. The maximum Gasteiger partial charge on any atom is 0.335 e. The van der Waals surface area contributed by atoms with Crippen molar-refractivity contribution in [2.45, 2.75) is 117 Å². The summed E-state index contributed by atoms with van der Waals surface area (Å²) in [5.41, 5.74) is 0.0129. The lowest BCUT2D eigenvalue weighted by atomic mass is 9.92. The van der Waals surface area contributed by atoms with Crippen LogP contribution in [0.2, 0.25) is 0 Å². The van der Waals surface area contributed by atoms with Gasteiger partial charge in [-0.25, -0.2) is 4.79 Å². The number of anilines is 1. The maximum absolute atomic E-state index is 13.3. The topological polar surface area (TPSA) is 246 Å². The van der Waals surface area contributed by atoms with E-state index in [-0.39, 0.29) is 66.7 Å². The molecule has 7 atom stereocenters. The Bertz CT molecular complexity index is 1700. The van der Waals surface area contributed by atoms with Gasteiger partial charge in [-0.15, -0.1) is 0 Å². The molecule has 4 amide bonds. The number of carbonyl (C=O) groups excluding carboxylic acids is 6. The number of amides is 4. The molecule has 55 heavy (non-hydrogen) atoms. The number of carboxylic acid groups (broad SMARTS) is 1. The van der Waals surface area contributed by atoms with Crippen LogP contribution < -0.4 is 10.6 Å². The monoisotopic (exact) mass is 769 g/mol. The van der Waals surface area contributed by atoms with Crippen molar-refractivity contribution in [2.75, 3.05) is 11.9 Å². The highest BCUT2D eigenvalue weighted by molar-refractivity contribution is 6.12. The van der Waals surface area contributed by atoms with E-state index >= 15 is 0 Å². The van der Waals surface area contributed by atoms with Gasteiger partial charge in [-0.2, -0.15) is 0 Å². The number of nitrogens with zero attached hydrogens (tertiary/aromatic N) is 1. The highest BCUT2D eigenvalue weighted by Gasteiger charge is 2.46. The standard InChI is InChI=1S/C39H51N3O13/c1-21(2)31(41-28(44)10-8-7-9-17-42-29(45)15-16-30(42)46)26(43)18-22(3)36(50)40-25-13-11-24(20-54-38(53)39(4,5)6)23(19-25)12-14-27-32(47)33(48)34(49)35(55-27)37(51)52/h11,13,15-16,19,21-22,27,31-35,47-49H,7-10,17-18,20H2,1-6H3,(H,40,50)(H,41,44)(H,51,52)/t22-,27+,31+,32-,33-,34-,35+/m1/s1. The Morgan fingerprint density at radius 2 is 1.60 bits per heavy atom. The highest BCUT2D eigenvalue weighted by Crippen LogP contribution is 2.24. The molecule has 0 radical (unpaired) electrons. The summed E-state index contributed by atoms with van der Waals surface area (Å²) < 4.78 is 10.7. The fraction of sp³-hybridized carbons (Fsp3) is 0.564. The zero-order chi connectivity index (χ0) is 41.2. The van der Waals surface area contributed by atoms with Crippen molar-refractivity contribution < 1.29 is 63.5 Å². The number of ketones is 1. The molecule has 1 aromatic carbocycles. The van der Waals surface area contributed by atoms with Crippen molar-refractivity contribution in [1.29, 1.82) is 0 Å². The summed E-state index contributed by atoms with van der Waals surface area (Å²) in [6.45, 7) is 10.2. The first kappa shape index (κ1) is 44.4. The van der Waals surface area contributed by atoms with Gasteiger partial charge in [0.2, 0.25) is 11.8 Å². The molecule has 3 rings (SSSR count). The second-order valence-corrected chi connectivity index (χ2v) is 15.1. The van der Waals surface area contributed by atoms with E-state index in [0.29, 0.717) is 24.8 Å². The van der Waals surface area contributed by atoms with Crippen LogP contribution in [0, 0.1) is 29.1 Å². The zero-order valence-corrected chi connectivity index (χ0v) is 31.9. The SMILES string of the molecule is CC(C)[C@H](NC(=O)CCCCCN1C(=O)C=CC1=O)C(=O)C[C@@H](C)C(=O)Nc1ccc(COC(=O)C(C)(C)C)c(C#C[C@@H]2O[C@H](C(=O)O)[C@H](O)[C@H](O)[C@@H]2O)c1. The third kappa shape index (κ3) is 12.5. The average molecular weight is 770 g/mol. The van der Waals surface area contributed by atoms with Crippen molar-refractivity contribution in [2.24, 2.45) is 17.3 Å². The van der Waals surface area contributed by atoms with Crippen LogP contribution in [-0.4, -0.2) is 110 Å². The molecule has 1 aromatic rings. The van der Waals surface area contributed by atoms with E-state index in [2.05, 4.69) is 22.5 Å². The van der Waals surface area contributed by atoms with Crippen molar-refractivity contribution in [3.63, 3.8) is 0 Å². The molecule has 16 nitrogen and oxygen atoms in total. The Labute approximate surface area is 319 Å². The third-order valence-electron chi connectivity index (χ3n) is 9.03. The van der Waals surface area contributed by atoms with Crippen molar-refractivity contribution >= 4 is 47.0 Å². The van der Waals surface area contributed by atoms with Crippen LogP contribution in [-0.2, 0) is 49.6 Å². The lowest BCUT2D eigenvalue weighted by Gasteiger charge is -2.36. The minimum absolute atomic E-state index is 0.137. The van der Waals surface area contributed by atoms with Gasteiger partial charge < -0.3 is 40.5 Å². The van der Waals surface area contributed by atoms with E-state index in [1.165, 1.54) is 30.4 Å². The van der Waals surface area contributed by atoms with E-state index in [1.54, 1.807) is 41.5 Å². The molecule has 2 aliphatic rings. The van der Waals surface area contributed by atoms with Crippen LogP contribution in [0.4, 0.5) is 5.69 Å². The smallest absolute Gasteiger partial charge is 0.335 e. The lowest BCUT2D eigenvalue weighted by molar-refractivity contribution is -0.215. The van der Waals surface area contributed by atoms with Crippen molar-refractivity contribution in [3.8, 4) is 11.8 Å². The fourth-order valence-corrected chi connectivity index (χ4v) is 5.64. The second-order valence-electron chi connectivity index (χ2n) is 15.1. The number of unbranched alkanes of at least 4 members (excludes halogenated alkanes) is 2. The minimum atomic E-state index is -1.90.